The van der Waals surface area contributed by atoms with Gasteiger partial charge in [-0.2, -0.15) is 0 Å². The van der Waals surface area contributed by atoms with E-state index in [1.807, 2.05) is 6.07 Å². The van der Waals surface area contributed by atoms with Crippen molar-refractivity contribution >= 4 is 5.91 Å². The van der Waals surface area contributed by atoms with Crippen LogP contribution < -0.4 is 4.74 Å². The number of carbonyl (C=O) groups is 1. The number of ether oxygens (including phenoxy) is 1. The molecule has 114 valence electrons. The van der Waals surface area contributed by atoms with E-state index in [0.29, 0.717) is 12.1 Å². The summed E-state index contributed by atoms with van der Waals surface area (Å²) in [5.74, 6) is -0.598. The van der Waals surface area contributed by atoms with Gasteiger partial charge in [-0.1, -0.05) is 0 Å². The van der Waals surface area contributed by atoms with Crippen molar-refractivity contribution in [1.29, 1.82) is 0 Å². The maximum atomic E-state index is 13.8. The van der Waals surface area contributed by atoms with E-state index in [0.717, 1.165) is 18.5 Å². The van der Waals surface area contributed by atoms with Crippen LogP contribution in [0.25, 0.3) is 0 Å². The van der Waals surface area contributed by atoms with Crippen LogP contribution in [0, 0.1) is 5.82 Å². The second-order valence-corrected chi connectivity index (χ2v) is 5.14. The molecule has 3 rings (SSSR count). The summed E-state index contributed by atoms with van der Waals surface area (Å²) in [4.78, 5) is 22.5. The molecule has 0 bridgehead atoms. The average molecular weight is 301 g/mol. The molecule has 0 spiro atoms. The first-order chi connectivity index (χ1) is 10.7. The largest absolute Gasteiger partial charge is 0.494 e. The highest BCUT2D eigenvalue weighted by molar-refractivity contribution is 5.94. The van der Waals surface area contributed by atoms with Crippen LogP contribution in [0.2, 0.25) is 0 Å². The van der Waals surface area contributed by atoms with Crippen molar-refractivity contribution in [2.24, 2.45) is 0 Å². The third kappa shape index (κ3) is 2.64. The zero-order valence-electron chi connectivity index (χ0n) is 12.2. The molecule has 5 nitrogen and oxygen atoms in total. The lowest BCUT2D eigenvalue weighted by Gasteiger charge is -2.24. The van der Waals surface area contributed by atoms with Gasteiger partial charge in [0.2, 0.25) is 0 Å². The summed E-state index contributed by atoms with van der Waals surface area (Å²) < 4.78 is 18.7. The molecule has 0 saturated carbocycles. The standard InChI is InChI=1S/C16H16FN3O2/c1-22-15-5-4-11(9-12(15)17)16(21)20-8-2-3-14(20)13-6-7-18-10-19-13/h4-7,9-10,14H,2-3,8H2,1H3/t14-/m1/s1. The Bertz CT molecular complexity index is 678. The summed E-state index contributed by atoms with van der Waals surface area (Å²) in [7, 11) is 1.39. The number of methoxy groups -OCH3 is 1. The number of aromatic nitrogens is 2. The second kappa shape index (κ2) is 6.09. The van der Waals surface area contributed by atoms with Gasteiger partial charge < -0.3 is 9.64 Å². The Labute approximate surface area is 127 Å². The van der Waals surface area contributed by atoms with Gasteiger partial charge in [-0.15, -0.1) is 0 Å². The minimum absolute atomic E-state index is 0.0827. The van der Waals surface area contributed by atoms with Crippen molar-refractivity contribution in [3.05, 3.63) is 53.9 Å². The van der Waals surface area contributed by atoms with Gasteiger partial charge in [0, 0.05) is 18.3 Å². The number of likely N-dealkylation sites (tertiary alicyclic amines) is 1. The molecule has 2 aromatic rings. The van der Waals surface area contributed by atoms with Gasteiger partial charge in [-0.05, 0) is 37.1 Å². The number of amides is 1. The lowest BCUT2D eigenvalue weighted by Crippen LogP contribution is -2.31. The van der Waals surface area contributed by atoms with E-state index >= 15 is 0 Å². The summed E-state index contributed by atoms with van der Waals surface area (Å²) in [6.45, 7) is 0.640. The number of carbonyl (C=O) groups excluding carboxylic acids is 1. The van der Waals surface area contributed by atoms with Crippen LogP contribution in [0.3, 0.4) is 0 Å². The van der Waals surface area contributed by atoms with E-state index in [1.165, 1.54) is 25.6 Å². The highest BCUT2D eigenvalue weighted by Crippen LogP contribution is 2.32. The Morgan fingerprint density at radius 3 is 2.95 bits per heavy atom. The minimum Gasteiger partial charge on any atom is -0.494 e. The van der Waals surface area contributed by atoms with E-state index in [1.54, 1.807) is 17.2 Å². The van der Waals surface area contributed by atoms with Gasteiger partial charge >= 0.3 is 0 Å². The fraction of sp³-hybridized carbons (Fsp3) is 0.312. The summed E-state index contributed by atoms with van der Waals surface area (Å²) in [5.41, 5.74) is 1.13. The zero-order valence-corrected chi connectivity index (χ0v) is 12.2. The first-order valence-electron chi connectivity index (χ1n) is 7.11. The molecule has 2 heterocycles. The van der Waals surface area contributed by atoms with E-state index in [4.69, 9.17) is 4.74 Å². The Morgan fingerprint density at radius 2 is 2.27 bits per heavy atom. The average Bonchev–Trinajstić information content (AvgIpc) is 3.04. The number of halogens is 1. The van der Waals surface area contributed by atoms with Crippen molar-refractivity contribution in [1.82, 2.24) is 14.9 Å². The van der Waals surface area contributed by atoms with Crippen LogP contribution in [0.5, 0.6) is 5.75 Å². The molecule has 1 amide bonds. The molecule has 1 saturated heterocycles. The monoisotopic (exact) mass is 301 g/mol. The number of hydrogen-bond acceptors (Lipinski definition) is 4. The molecule has 0 unspecified atom stereocenters. The number of rotatable bonds is 3. The molecule has 0 radical (unpaired) electrons. The molecule has 1 aliphatic rings. The molecule has 1 aromatic carbocycles. The van der Waals surface area contributed by atoms with Gasteiger partial charge in [-0.25, -0.2) is 14.4 Å². The van der Waals surface area contributed by atoms with Crippen LogP contribution in [-0.2, 0) is 0 Å². The Kier molecular flexibility index (Phi) is 4.00. The van der Waals surface area contributed by atoms with Crippen LogP contribution in [0.15, 0.2) is 36.8 Å². The normalized spacial score (nSPS) is 17.5. The van der Waals surface area contributed by atoms with Crippen LogP contribution >= 0.6 is 0 Å². The highest BCUT2D eigenvalue weighted by atomic mass is 19.1. The first-order valence-corrected chi connectivity index (χ1v) is 7.11. The maximum Gasteiger partial charge on any atom is 0.254 e. The second-order valence-electron chi connectivity index (χ2n) is 5.14. The minimum atomic E-state index is -0.536. The van der Waals surface area contributed by atoms with E-state index < -0.39 is 5.82 Å². The number of hydrogen-bond donors (Lipinski definition) is 0. The van der Waals surface area contributed by atoms with Crippen molar-refractivity contribution in [3.63, 3.8) is 0 Å². The molecular weight excluding hydrogens is 285 g/mol. The number of benzene rings is 1. The fourth-order valence-corrected chi connectivity index (χ4v) is 2.78. The molecule has 1 aromatic heterocycles. The van der Waals surface area contributed by atoms with Gasteiger partial charge in [0.15, 0.2) is 11.6 Å². The van der Waals surface area contributed by atoms with E-state index in [-0.39, 0.29) is 17.7 Å². The van der Waals surface area contributed by atoms with Crippen molar-refractivity contribution < 1.29 is 13.9 Å². The molecule has 22 heavy (non-hydrogen) atoms. The quantitative estimate of drug-likeness (QED) is 0.874. The summed E-state index contributed by atoms with van der Waals surface area (Å²) in [6.07, 6.45) is 4.89. The van der Waals surface area contributed by atoms with E-state index in [9.17, 15) is 9.18 Å². The molecule has 1 atom stereocenters. The molecule has 1 aliphatic heterocycles. The predicted octanol–water partition coefficient (Wildman–Crippen LogP) is 2.60. The lowest BCUT2D eigenvalue weighted by molar-refractivity contribution is 0.0732. The van der Waals surface area contributed by atoms with Crippen LogP contribution in [0.4, 0.5) is 4.39 Å². The van der Waals surface area contributed by atoms with Crippen molar-refractivity contribution in [3.8, 4) is 5.75 Å². The molecular formula is C16H16FN3O2. The SMILES string of the molecule is COc1ccc(C(=O)N2CCC[C@@H]2c2ccncn2)cc1F. The van der Waals surface area contributed by atoms with Gasteiger partial charge in [0.25, 0.3) is 5.91 Å². The summed E-state index contributed by atoms with van der Waals surface area (Å²) >= 11 is 0. The molecule has 0 N–H and O–H groups in total. The fourth-order valence-electron chi connectivity index (χ4n) is 2.78. The summed E-state index contributed by atoms with van der Waals surface area (Å²) in [5, 5.41) is 0. The van der Waals surface area contributed by atoms with Gasteiger partial charge in [0.05, 0.1) is 18.8 Å². The zero-order chi connectivity index (χ0) is 15.5. The Balaban J connectivity index is 1.86. The number of nitrogens with zero attached hydrogens (tertiary/aromatic N) is 3. The van der Waals surface area contributed by atoms with Gasteiger partial charge in [0.1, 0.15) is 6.33 Å². The Hall–Kier alpha value is -2.50. The third-order valence-electron chi connectivity index (χ3n) is 3.86. The first kappa shape index (κ1) is 14.4. The lowest BCUT2D eigenvalue weighted by atomic mass is 10.1. The van der Waals surface area contributed by atoms with E-state index in [2.05, 4.69) is 9.97 Å². The summed E-state index contributed by atoms with van der Waals surface area (Å²) in [6, 6.07) is 6.00. The topological polar surface area (TPSA) is 55.3 Å². The predicted molar refractivity (Wildman–Crippen MR) is 78.0 cm³/mol. The Morgan fingerprint density at radius 1 is 1.41 bits per heavy atom. The highest BCUT2D eigenvalue weighted by Gasteiger charge is 2.31. The van der Waals surface area contributed by atoms with Crippen molar-refractivity contribution in [2.75, 3.05) is 13.7 Å². The molecule has 0 aliphatic carbocycles. The molecule has 6 heteroatoms. The van der Waals surface area contributed by atoms with Crippen LogP contribution in [-0.4, -0.2) is 34.4 Å². The van der Waals surface area contributed by atoms with Crippen molar-refractivity contribution in [2.45, 2.75) is 18.9 Å². The molecule has 1 fully saturated rings. The van der Waals surface area contributed by atoms with Crippen LogP contribution in [0.1, 0.15) is 34.9 Å². The maximum absolute atomic E-state index is 13.8. The third-order valence-corrected chi connectivity index (χ3v) is 3.86. The smallest absolute Gasteiger partial charge is 0.254 e. The van der Waals surface area contributed by atoms with Gasteiger partial charge in [-0.3, -0.25) is 4.79 Å².